The molecule has 3 heterocycles. The molecule has 0 saturated carbocycles. The number of hydrogen-bond donors (Lipinski definition) is 1. The molecule has 1 amide bonds. The maximum atomic E-state index is 12.4. The zero-order chi connectivity index (χ0) is 20.1. The van der Waals surface area contributed by atoms with E-state index in [9.17, 15) is 4.79 Å². The maximum absolute atomic E-state index is 12.4. The van der Waals surface area contributed by atoms with Crippen LogP contribution in [0.1, 0.15) is 53.4 Å². The topological polar surface area (TPSA) is 76.8 Å². The molecule has 0 unspecified atom stereocenters. The molecule has 2 fully saturated rings. The molecular weight excluding hydrogens is 370 g/mol. The highest BCUT2D eigenvalue weighted by molar-refractivity contribution is 5.91. The summed E-state index contributed by atoms with van der Waals surface area (Å²) in [4.78, 5) is 14.8. The fourth-order valence-corrected chi connectivity index (χ4v) is 4.12. The lowest BCUT2D eigenvalue weighted by atomic mass is 9.93. The lowest BCUT2D eigenvalue weighted by Gasteiger charge is -2.31. The number of nitrogens with one attached hydrogen (secondary N) is 1. The Morgan fingerprint density at radius 1 is 1.28 bits per heavy atom. The summed E-state index contributed by atoms with van der Waals surface area (Å²) in [6.45, 7) is 4.25. The fourth-order valence-electron chi connectivity index (χ4n) is 4.12. The van der Waals surface area contributed by atoms with Gasteiger partial charge in [-0.05, 0) is 56.5 Å². The van der Waals surface area contributed by atoms with E-state index in [1.54, 1.807) is 13.2 Å². The molecule has 1 aromatic heterocycles. The number of carbonyl (C=O) groups is 1. The normalized spacial score (nSPS) is 21.1. The van der Waals surface area contributed by atoms with Crippen LogP contribution in [0.15, 0.2) is 34.9 Å². The van der Waals surface area contributed by atoms with Gasteiger partial charge in [-0.3, -0.25) is 9.69 Å². The zero-order valence-electron chi connectivity index (χ0n) is 16.9. The van der Waals surface area contributed by atoms with E-state index in [0.717, 1.165) is 63.4 Å². The number of likely N-dealkylation sites (tertiary alicyclic amines) is 1. The highest BCUT2D eigenvalue weighted by Gasteiger charge is 2.26. The van der Waals surface area contributed by atoms with Crippen LogP contribution in [0.5, 0.6) is 5.75 Å². The van der Waals surface area contributed by atoms with Gasteiger partial charge in [-0.25, -0.2) is 0 Å². The number of aromatic nitrogens is 1. The summed E-state index contributed by atoms with van der Waals surface area (Å²) in [6.07, 6.45) is 3.93. The van der Waals surface area contributed by atoms with Crippen LogP contribution >= 0.6 is 0 Å². The smallest absolute Gasteiger partial charge is 0.290 e. The highest BCUT2D eigenvalue weighted by Crippen LogP contribution is 2.28. The van der Waals surface area contributed by atoms with Crippen molar-refractivity contribution in [3.05, 3.63) is 47.3 Å². The molecule has 2 aliphatic rings. The molecule has 0 aliphatic carbocycles. The molecule has 0 radical (unpaired) electrons. The zero-order valence-corrected chi connectivity index (χ0v) is 16.9. The van der Waals surface area contributed by atoms with Crippen molar-refractivity contribution in [2.75, 3.05) is 33.4 Å². The van der Waals surface area contributed by atoms with Crippen molar-refractivity contribution in [1.82, 2.24) is 15.4 Å². The lowest BCUT2D eigenvalue weighted by molar-refractivity contribution is 0.0608. The molecule has 0 bridgehead atoms. The first-order valence-corrected chi connectivity index (χ1v) is 10.4. The van der Waals surface area contributed by atoms with Crippen LogP contribution in [-0.4, -0.2) is 55.4 Å². The van der Waals surface area contributed by atoms with Gasteiger partial charge in [0, 0.05) is 25.1 Å². The van der Waals surface area contributed by atoms with Crippen molar-refractivity contribution < 1.29 is 18.8 Å². The molecule has 7 heteroatoms. The molecule has 1 atom stereocenters. The van der Waals surface area contributed by atoms with Crippen molar-refractivity contribution in [2.24, 2.45) is 0 Å². The van der Waals surface area contributed by atoms with Gasteiger partial charge >= 0.3 is 0 Å². The quantitative estimate of drug-likeness (QED) is 0.805. The van der Waals surface area contributed by atoms with E-state index in [1.807, 2.05) is 12.1 Å². The summed E-state index contributed by atoms with van der Waals surface area (Å²) in [6, 6.07) is 10.1. The SMILES string of the molecule is COc1cccc(CN2CCC(c3cc(C(=O)N[C@@H]4CCCOC4)on3)CC2)c1. The largest absolute Gasteiger partial charge is 0.497 e. The second-order valence-electron chi connectivity index (χ2n) is 7.91. The van der Waals surface area contributed by atoms with Crippen LogP contribution in [0.25, 0.3) is 0 Å². The van der Waals surface area contributed by atoms with E-state index in [4.69, 9.17) is 14.0 Å². The van der Waals surface area contributed by atoms with Crippen molar-refractivity contribution in [3.8, 4) is 5.75 Å². The number of nitrogens with zero attached hydrogens (tertiary/aromatic N) is 2. The Balaban J connectivity index is 1.28. The van der Waals surface area contributed by atoms with Crippen molar-refractivity contribution in [2.45, 2.75) is 44.2 Å². The molecular formula is C22H29N3O4. The average molecular weight is 399 g/mol. The number of rotatable bonds is 6. The Morgan fingerprint density at radius 3 is 2.90 bits per heavy atom. The molecule has 7 nitrogen and oxygen atoms in total. The number of hydrogen-bond acceptors (Lipinski definition) is 6. The molecule has 4 rings (SSSR count). The number of amides is 1. The maximum Gasteiger partial charge on any atom is 0.290 e. The first-order valence-electron chi connectivity index (χ1n) is 10.4. The summed E-state index contributed by atoms with van der Waals surface area (Å²) in [5.74, 6) is 1.32. The van der Waals surface area contributed by atoms with Gasteiger partial charge in [0.25, 0.3) is 5.91 Å². The minimum absolute atomic E-state index is 0.0599. The molecule has 2 aliphatic heterocycles. The van der Waals surface area contributed by atoms with E-state index >= 15 is 0 Å². The predicted molar refractivity (Wildman–Crippen MR) is 108 cm³/mol. The second kappa shape index (κ2) is 9.41. The van der Waals surface area contributed by atoms with Crippen LogP contribution in [0.2, 0.25) is 0 Å². The van der Waals surface area contributed by atoms with E-state index in [2.05, 4.69) is 27.5 Å². The molecule has 2 saturated heterocycles. The molecule has 156 valence electrons. The Hall–Kier alpha value is -2.38. The Morgan fingerprint density at radius 2 is 2.14 bits per heavy atom. The standard InChI is InChI=1S/C22H29N3O4/c1-27-19-6-2-4-16(12-19)14-25-9-7-17(8-10-25)20-13-21(29-24-20)22(26)23-18-5-3-11-28-15-18/h2,4,6,12-13,17-18H,3,5,7-11,14-15H2,1H3,(H,23,26)/t18-/m1/s1. The third-order valence-electron chi connectivity index (χ3n) is 5.79. The van der Waals surface area contributed by atoms with E-state index in [1.165, 1.54) is 5.56 Å². The van der Waals surface area contributed by atoms with Crippen molar-refractivity contribution in [1.29, 1.82) is 0 Å². The van der Waals surface area contributed by atoms with Gasteiger partial charge in [0.2, 0.25) is 5.76 Å². The third kappa shape index (κ3) is 5.16. The monoisotopic (exact) mass is 399 g/mol. The average Bonchev–Trinajstić information content (AvgIpc) is 3.26. The van der Waals surface area contributed by atoms with Gasteiger partial charge < -0.3 is 19.3 Å². The van der Waals surface area contributed by atoms with Gasteiger partial charge in [-0.1, -0.05) is 17.3 Å². The summed E-state index contributed by atoms with van der Waals surface area (Å²) in [5, 5.41) is 7.16. The molecule has 29 heavy (non-hydrogen) atoms. The third-order valence-corrected chi connectivity index (χ3v) is 5.79. The molecule has 1 N–H and O–H groups in total. The van der Waals surface area contributed by atoms with E-state index < -0.39 is 0 Å². The Kier molecular flexibility index (Phi) is 6.46. The van der Waals surface area contributed by atoms with Gasteiger partial charge in [-0.15, -0.1) is 0 Å². The van der Waals surface area contributed by atoms with Crippen LogP contribution < -0.4 is 10.1 Å². The van der Waals surface area contributed by atoms with Crippen LogP contribution in [0.3, 0.4) is 0 Å². The number of piperidine rings is 1. The minimum atomic E-state index is -0.199. The van der Waals surface area contributed by atoms with Gasteiger partial charge in [0.15, 0.2) is 0 Å². The Bertz CT molecular complexity index is 808. The van der Waals surface area contributed by atoms with Gasteiger partial charge in [-0.2, -0.15) is 0 Å². The van der Waals surface area contributed by atoms with Crippen molar-refractivity contribution >= 4 is 5.91 Å². The van der Waals surface area contributed by atoms with Gasteiger partial charge in [0.1, 0.15) is 5.75 Å². The molecule has 0 spiro atoms. The van der Waals surface area contributed by atoms with Gasteiger partial charge in [0.05, 0.1) is 25.5 Å². The van der Waals surface area contributed by atoms with Crippen LogP contribution in [0, 0.1) is 0 Å². The first-order chi connectivity index (χ1) is 14.2. The highest BCUT2D eigenvalue weighted by atomic mass is 16.5. The second-order valence-corrected chi connectivity index (χ2v) is 7.91. The van der Waals surface area contributed by atoms with Crippen LogP contribution in [0.4, 0.5) is 0 Å². The summed E-state index contributed by atoms with van der Waals surface area (Å²) in [5.41, 5.74) is 2.14. The van der Waals surface area contributed by atoms with Crippen molar-refractivity contribution in [3.63, 3.8) is 0 Å². The first kappa shape index (κ1) is 19.9. The number of ether oxygens (including phenoxy) is 2. The summed E-state index contributed by atoms with van der Waals surface area (Å²) < 4.78 is 16.1. The number of carbonyl (C=O) groups excluding carboxylic acids is 1. The fraction of sp³-hybridized carbons (Fsp3) is 0.545. The molecule has 1 aromatic carbocycles. The van der Waals surface area contributed by atoms with E-state index in [0.29, 0.717) is 18.3 Å². The predicted octanol–water partition coefficient (Wildman–Crippen LogP) is 2.97. The summed E-state index contributed by atoms with van der Waals surface area (Å²) >= 11 is 0. The summed E-state index contributed by atoms with van der Waals surface area (Å²) in [7, 11) is 1.69. The van der Waals surface area contributed by atoms with E-state index in [-0.39, 0.29) is 11.9 Å². The number of methoxy groups -OCH3 is 1. The molecule has 2 aromatic rings. The van der Waals surface area contributed by atoms with Crippen LogP contribution in [-0.2, 0) is 11.3 Å². The Labute approximate surface area is 171 Å². The minimum Gasteiger partial charge on any atom is -0.497 e. The number of benzene rings is 1. The lowest BCUT2D eigenvalue weighted by Crippen LogP contribution is -2.40.